The largest absolute Gasteiger partial charge is 0.493 e. The number of aromatic nitrogens is 8. The molecule has 4 aliphatic rings. The summed E-state index contributed by atoms with van der Waals surface area (Å²) in [5.41, 5.74) is 5.40. The van der Waals surface area contributed by atoms with Crippen molar-refractivity contribution < 1.29 is 47.5 Å². The second-order valence-corrected chi connectivity index (χ2v) is 18.8. The van der Waals surface area contributed by atoms with E-state index < -0.39 is 0 Å². The summed E-state index contributed by atoms with van der Waals surface area (Å²) < 4.78 is 45.6. The quantitative estimate of drug-likeness (QED) is 0.1000. The van der Waals surface area contributed by atoms with E-state index in [2.05, 4.69) is 39.9 Å². The molecule has 71 heavy (non-hydrogen) atoms. The maximum atomic E-state index is 12.4. The molecular formula is C51H52N10O10. The van der Waals surface area contributed by atoms with Crippen LogP contribution in [-0.4, -0.2) is 142 Å². The molecule has 4 fully saturated rings. The monoisotopic (exact) mass is 964 g/mol. The molecule has 0 unspecified atom stereocenters. The van der Waals surface area contributed by atoms with E-state index in [0.29, 0.717) is 93.9 Å². The van der Waals surface area contributed by atoms with Crippen LogP contribution in [0, 0.1) is 24.7 Å². The van der Waals surface area contributed by atoms with Crippen LogP contribution in [0.15, 0.2) is 73.6 Å². The number of aromatic amines is 2. The van der Waals surface area contributed by atoms with Crippen molar-refractivity contribution >= 4 is 55.7 Å². The first-order valence-electron chi connectivity index (χ1n) is 23.4. The number of carbonyl (C=O) groups is 2. The summed E-state index contributed by atoms with van der Waals surface area (Å²) in [4.78, 5) is 61.2. The van der Waals surface area contributed by atoms with Gasteiger partial charge in [0.2, 0.25) is 23.6 Å². The fourth-order valence-electron chi connectivity index (χ4n) is 9.38. The molecule has 366 valence electrons. The number of ether oxygens (including phenoxy) is 8. The number of amides is 2. The number of hydrogen-bond acceptors (Lipinski definition) is 16. The zero-order valence-corrected chi connectivity index (χ0v) is 39.8. The Morgan fingerprint density at radius 1 is 0.577 bits per heavy atom. The smallest absolute Gasteiger partial charge is 0.230 e. The molecule has 4 aliphatic heterocycles. The Hall–Kier alpha value is -7.84. The molecule has 8 aromatic rings. The number of carbonyl (C=O) groups excluding carboxylic acids is 2. The van der Waals surface area contributed by atoms with Crippen LogP contribution in [0.1, 0.15) is 30.7 Å². The molecule has 2 amide bonds. The van der Waals surface area contributed by atoms with Crippen molar-refractivity contribution in [2.24, 2.45) is 10.8 Å². The van der Waals surface area contributed by atoms with Crippen molar-refractivity contribution in [1.82, 2.24) is 49.7 Å². The predicted molar refractivity (Wildman–Crippen MR) is 258 cm³/mol. The lowest BCUT2D eigenvalue weighted by Gasteiger charge is -2.55. The molecule has 20 nitrogen and oxygen atoms in total. The van der Waals surface area contributed by atoms with Crippen LogP contribution >= 0.6 is 0 Å². The second kappa shape index (κ2) is 18.8. The predicted octanol–water partition coefficient (Wildman–Crippen LogP) is 6.88. The number of methoxy groups -OCH3 is 2. The van der Waals surface area contributed by atoms with Crippen LogP contribution in [0.25, 0.3) is 43.9 Å². The first kappa shape index (κ1) is 45.6. The second-order valence-electron chi connectivity index (χ2n) is 18.8. The molecule has 0 aliphatic carbocycles. The van der Waals surface area contributed by atoms with E-state index in [1.54, 1.807) is 50.9 Å². The summed E-state index contributed by atoms with van der Waals surface area (Å²) in [6.45, 7) is 10.8. The van der Waals surface area contributed by atoms with Crippen molar-refractivity contribution in [3.05, 3.63) is 85.0 Å². The average molecular weight is 965 g/mol. The zero-order chi connectivity index (χ0) is 48.7. The Labute approximate surface area is 406 Å². The van der Waals surface area contributed by atoms with E-state index in [-0.39, 0.29) is 29.3 Å². The van der Waals surface area contributed by atoms with Crippen molar-refractivity contribution in [1.29, 1.82) is 0 Å². The average Bonchev–Trinajstić information content (AvgIpc) is 3.88. The molecule has 10 heterocycles. The molecule has 0 saturated carbocycles. The van der Waals surface area contributed by atoms with Gasteiger partial charge in [0.15, 0.2) is 23.0 Å². The van der Waals surface area contributed by atoms with Crippen LogP contribution in [-0.2, 0) is 19.1 Å². The molecule has 2 N–H and O–H groups in total. The normalized spacial score (nSPS) is 16.2. The molecule has 0 bridgehead atoms. The molecule has 2 aromatic carbocycles. The fourth-order valence-corrected chi connectivity index (χ4v) is 9.38. The van der Waals surface area contributed by atoms with Crippen LogP contribution in [0.3, 0.4) is 0 Å². The number of nitrogens with zero attached hydrogens (tertiary/aromatic N) is 8. The van der Waals surface area contributed by atoms with Crippen LogP contribution in [0.5, 0.6) is 46.3 Å². The molecular weight excluding hydrogens is 913 g/mol. The molecule has 0 atom stereocenters. The maximum Gasteiger partial charge on any atom is 0.230 e. The fraction of sp³-hybridized carbons (Fsp3) is 0.373. The lowest BCUT2D eigenvalue weighted by molar-refractivity contribution is -0.195. The van der Waals surface area contributed by atoms with Gasteiger partial charge in [-0.2, -0.15) is 0 Å². The molecule has 6 aromatic heterocycles. The zero-order valence-electron chi connectivity index (χ0n) is 39.8. The van der Waals surface area contributed by atoms with E-state index in [4.69, 9.17) is 37.9 Å². The van der Waals surface area contributed by atoms with Crippen molar-refractivity contribution in [3.8, 4) is 46.3 Å². The van der Waals surface area contributed by atoms with Crippen molar-refractivity contribution in [2.75, 3.05) is 80.0 Å². The van der Waals surface area contributed by atoms with Gasteiger partial charge in [-0.25, -0.2) is 29.9 Å². The number of likely N-dealkylation sites (tertiary alicyclic amines) is 2. The highest BCUT2D eigenvalue weighted by Gasteiger charge is 2.51. The summed E-state index contributed by atoms with van der Waals surface area (Å²) >= 11 is 0. The van der Waals surface area contributed by atoms with Gasteiger partial charge in [0.25, 0.3) is 0 Å². The van der Waals surface area contributed by atoms with Gasteiger partial charge in [-0.15, -0.1) is 0 Å². The lowest BCUT2D eigenvalue weighted by Crippen LogP contribution is -2.67. The first-order valence-corrected chi connectivity index (χ1v) is 23.4. The van der Waals surface area contributed by atoms with Crippen LogP contribution in [0.2, 0.25) is 0 Å². The number of pyridine rings is 2. The third-order valence-electron chi connectivity index (χ3n) is 13.2. The Kier molecular flexibility index (Phi) is 12.1. The Bertz CT molecular complexity index is 3300. The van der Waals surface area contributed by atoms with Gasteiger partial charge in [-0.05, 0) is 56.7 Å². The summed E-state index contributed by atoms with van der Waals surface area (Å²) in [7, 11) is 3.15. The molecule has 4 saturated heterocycles. The van der Waals surface area contributed by atoms with Crippen molar-refractivity contribution in [2.45, 2.75) is 33.1 Å². The summed E-state index contributed by atoms with van der Waals surface area (Å²) in [6.07, 6.45) is 7.56. The van der Waals surface area contributed by atoms with E-state index in [9.17, 15) is 9.59 Å². The van der Waals surface area contributed by atoms with Gasteiger partial charge in [0.1, 0.15) is 35.4 Å². The van der Waals surface area contributed by atoms with Gasteiger partial charge in [0, 0.05) is 66.9 Å². The van der Waals surface area contributed by atoms with E-state index in [1.165, 1.54) is 12.7 Å². The minimum absolute atomic E-state index is 0.0866. The maximum absolute atomic E-state index is 12.4. The van der Waals surface area contributed by atoms with Gasteiger partial charge in [-0.3, -0.25) is 9.59 Å². The van der Waals surface area contributed by atoms with Crippen LogP contribution < -0.4 is 28.4 Å². The van der Waals surface area contributed by atoms with Gasteiger partial charge in [-0.1, -0.05) is 0 Å². The number of benzene rings is 2. The molecule has 12 rings (SSSR count). The molecule has 20 heteroatoms. The first-order chi connectivity index (χ1) is 34.5. The summed E-state index contributed by atoms with van der Waals surface area (Å²) in [5.74, 6) is 4.29. The number of hydrogen-bond donors (Lipinski definition) is 2. The highest BCUT2D eigenvalue weighted by atomic mass is 16.5. The number of H-pyrrole nitrogens is 2. The molecule has 0 radical (unpaired) electrons. The number of fused-ring (bicyclic) bond motifs is 4. The van der Waals surface area contributed by atoms with E-state index in [1.807, 2.05) is 47.9 Å². The van der Waals surface area contributed by atoms with Gasteiger partial charge < -0.3 is 57.7 Å². The Balaban J connectivity index is 0.000000154. The topological polar surface area (TPSA) is 223 Å². The Morgan fingerprint density at radius 2 is 1.04 bits per heavy atom. The van der Waals surface area contributed by atoms with Gasteiger partial charge in [0.05, 0.1) is 105 Å². The minimum Gasteiger partial charge on any atom is -0.493 e. The number of aryl methyl sites for hydroxylation is 2. The van der Waals surface area contributed by atoms with E-state index >= 15 is 0 Å². The van der Waals surface area contributed by atoms with Gasteiger partial charge >= 0.3 is 0 Å². The highest BCUT2D eigenvalue weighted by molar-refractivity contribution is 5.88. The van der Waals surface area contributed by atoms with E-state index in [0.717, 1.165) is 86.1 Å². The number of nitrogens with one attached hydrogen (secondary N) is 2. The minimum atomic E-state index is 0.0866. The lowest BCUT2D eigenvalue weighted by atomic mass is 9.78. The highest BCUT2D eigenvalue weighted by Crippen LogP contribution is 2.41. The van der Waals surface area contributed by atoms with Crippen molar-refractivity contribution in [3.63, 3.8) is 0 Å². The third-order valence-corrected chi connectivity index (χ3v) is 13.2. The van der Waals surface area contributed by atoms with Crippen LogP contribution in [0.4, 0.5) is 0 Å². The summed E-state index contributed by atoms with van der Waals surface area (Å²) in [5, 5.41) is 3.27. The third kappa shape index (κ3) is 9.34. The SMILES string of the molecule is COc1cc2c(Oc3cnc4[nH]c(C)cc4c3)ncnc2cc1OCCC(=O)N1CC2(COC2)C1.COc1cc2c(Oc3cnc4[nH]c(C)cc4c3)ncnc2cc1OCCCC(=O)N1CC2(COC2)C1. The Morgan fingerprint density at radius 3 is 1.49 bits per heavy atom. The summed E-state index contributed by atoms with van der Waals surface area (Å²) in [6, 6.07) is 15.0. The standard InChI is InChI=1S/C26H27N5O5.C25H25N5O5/c1-16-6-17-7-18(10-27-24(17)30-16)36-25-19-8-21(33-2)22(9-20(19)28-15-29-25)35-5-3-4-23(32)31-11-26(12-31)13-34-14-26;1-15-5-16-6-17(9-26-23(16)29-15)35-24-18-7-20(32-2)21(8-19(18)27-14-28-24)34-4-3-22(31)30-10-25(11-30)12-33-13-25/h6-10,15H,3-5,11-14H2,1-2H3,(H,27,30);5-9,14H,3-4,10-13H2,1-2H3,(H,26,29). The molecule has 2 spiro atoms. The number of rotatable bonds is 15.